The summed E-state index contributed by atoms with van der Waals surface area (Å²) in [6, 6.07) is 16.3. The molecule has 0 saturated heterocycles. The molecule has 0 spiro atoms. The number of aryl methyl sites for hydroxylation is 1. The SMILES string of the molecule is CC(=O)Oc1ccc(-c2ccc(CCCC(C)O[Si](C)(C)C)cc2)cc1. The second-order valence-corrected chi connectivity index (χ2v) is 12.2. The first kappa shape index (κ1) is 20.4. The second kappa shape index (κ2) is 9.15. The van der Waals surface area contributed by atoms with Crippen molar-refractivity contribution in [3.05, 3.63) is 54.1 Å². The third-order valence-electron chi connectivity index (χ3n) is 4.03. The molecule has 0 aliphatic carbocycles. The van der Waals surface area contributed by atoms with Gasteiger partial charge in [0.15, 0.2) is 8.32 Å². The fourth-order valence-corrected chi connectivity index (χ4v) is 4.33. The molecular formula is C22H30O3Si. The maximum atomic E-state index is 11.0. The first-order valence-corrected chi connectivity index (χ1v) is 12.7. The van der Waals surface area contributed by atoms with Gasteiger partial charge in [-0.05, 0) is 74.7 Å². The maximum Gasteiger partial charge on any atom is 0.308 e. The van der Waals surface area contributed by atoms with Gasteiger partial charge in [-0.15, -0.1) is 0 Å². The number of benzene rings is 2. The van der Waals surface area contributed by atoms with E-state index in [9.17, 15) is 4.79 Å². The van der Waals surface area contributed by atoms with Crippen LogP contribution in [-0.4, -0.2) is 20.4 Å². The quantitative estimate of drug-likeness (QED) is 0.332. The lowest BCUT2D eigenvalue weighted by Gasteiger charge is -2.23. The molecule has 0 radical (unpaired) electrons. The topological polar surface area (TPSA) is 35.5 Å². The van der Waals surface area contributed by atoms with Crippen LogP contribution in [-0.2, 0) is 15.6 Å². The van der Waals surface area contributed by atoms with E-state index in [0.717, 1.165) is 24.8 Å². The van der Waals surface area contributed by atoms with Gasteiger partial charge in [-0.2, -0.15) is 0 Å². The van der Waals surface area contributed by atoms with Crippen LogP contribution in [0.15, 0.2) is 48.5 Å². The van der Waals surface area contributed by atoms with Gasteiger partial charge >= 0.3 is 5.97 Å². The zero-order valence-electron chi connectivity index (χ0n) is 16.5. The van der Waals surface area contributed by atoms with Crippen molar-refractivity contribution in [2.45, 2.75) is 58.9 Å². The largest absolute Gasteiger partial charge is 0.427 e. The van der Waals surface area contributed by atoms with E-state index >= 15 is 0 Å². The highest BCUT2D eigenvalue weighted by molar-refractivity contribution is 6.69. The first-order chi connectivity index (χ1) is 12.2. The predicted octanol–water partition coefficient (Wildman–Crippen LogP) is 5.84. The van der Waals surface area contributed by atoms with E-state index in [-0.39, 0.29) is 5.97 Å². The normalized spacial score (nSPS) is 12.7. The fourth-order valence-electron chi connectivity index (χ4n) is 3.00. The highest BCUT2D eigenvalue weighted by Crippen LogP contribution is 2.23. The molecule has 0 saturated carbocycles. The minimum Gasteiger partial charge on any atom is -0.427 e. The molecule has 0 aromatic heterocycles. The second-order valence-electron chi connectivity index (χ2n) is 7.75. The molecule has 4 heteroatoms. The van der Waals surface area contributed by atoms with Crippen molar-refractivity contribution in [1.29, 1.82) is 0 Å². The Morgan fingerprint density at radius 1 is 0.962 bits per heavy atom. The Kier molecular flexibility index (Phi) is 7.18. The van der Waals surface area contributed by atoms with E-state index in [4.69, 9.17) is 9.16 Å². The summed E-state index contributed by atoms with van der Waals surface area (Å²) in [5.74, 6) is 0.277. The van der Waals surface area contributed by atoms with Gasteiger partial charge < -0.3 is 9.16 Å². The lowest BCUT2D eigenvalue weighted by Crippen LogP contribution is -2.30. The van der Waals surface area contributed by atoms with Crippen molar-refractivity contribution in [2.24, 2.45) is 0 Å². The van der Waals surface area contributed by atoms with Crippen LogP contribution in [0.3, 0.4) is 0 Å². The number of ether oxygens (including phenoxy) is 1. The number of hydrogen-bond acceptors (Lipinski definition) is 3. The molecule has 0 bridgehead atoms. The van der Waals surface area contributed by atoms with Crippen molar-refractivity contribution in [3.8, 4) is 16.9 Å². The molecule has 0 fully saturated rings. The fraction of sp³-hybridized carbons (Fsp3) is 0.409. The van der Waals surface area contributed by atoms with Crippen molar-refractivity contribution in [1.82, 2.24) is 0 Å². The van der Waals surface area contributed by atoms with Crippen LogP contribution in [0.25, 0.3) is 11.1 Å². The summed E-state index contributed by atoms with van der Waals surface area (Å²) < 4.78 is 11.2. The number of rotatable bonds is 8. The zero-order valence-corrected chi connectivity index (χ0v) is 17.5. The van der Waals surface area contributed by atoms with Gasteiger partial charge in [0.1, 0.15) is 5.75 Å². The van der Waals surface area contributed by atoms with Crippen molar-refractivity contribution >= 4 is 14.3 Å². The van der Waals surface area contributed by atoms with E-state index in [1.165, 1.54) is 18.1 Å². The average Bonchev–Trinajstić information content (AvgIpc) is 2.54. The maximum absolute atomic E-state index is 11.0. The lowest BCUT2D eigenvalue weighted by atomic mass is 10.0. The molecule has 0 aliphatic rings. The van der Waals surface area contributed by atoms with E-state index in [2.05, 4.69) is 50.8 Å². The molecule has 0 amide bonds. The summed E-state index contributed by atoms with van der Waals surface area (Å²) in [6.07, 6.45) is 3.66. The van der Waals surface area contributed by atoms with Gasteiger partial charge in [0.25, 0.3) is 0 Å². The minimum absolute atomic E-state index is 0.299. The molecule has 140 valence electrons. The summed E-state index contributed by atoms with van der Waals surface area (Å²) in [5, 5.41) is 0. The third-order valence-corrected chi connectivity index (χ3v) is 5.14. The van der Waals surface area contributed by atoms with Gasteiger partial charge in [0, 0.05) is 13.0 Å². The van der Waals surface area contributed by atoms with Crippen LogP contribution in [0.4, 0.5) is 0 Å². The molecule has 26 heavy (non-hydrogen) atoms. The first-order valence-electron chi connectivity index (χ1n) is 9.28. The van der Waals surface area contributed by atoms with E-state index < -0.39 is 8.32 Å². The van der Waals surface area contributed by atoms with Crippen LogP contribution in [0.1, 0.15) is 32.3 Å². The Labute approximate surface area is 158 Å². The highest BCUT2D eigenvalue weighted by atomic mass is 28.4. The standard InChI is InChI=1S/C22H30O3Si/c1-17(25-26(3,4)5)7-6-8-19-9-11-20(12-10-19)21-13-15-22(16-14-21)24-18(2)23/h9-17H,6-8H2,1-5H3. The molecule has 2 aromatic rings. The lowest BCUT2D eigenvalue weighted by molar-refractivity contribution is -0.131. The molecule has 2 rings (SSSR count). The Morgan fingerprint density at radius 3 is 2.00 bits per heavy atom. The Balaban J connectivity index is 1.87. The zero-order chi connectivity index (χ0) is 19.2. The van der Waals surface area contributed by atoms with Gasteiger partial charge in [-0.3, -0.25) is 4.79 Å². The monoisotopic (exact) mass is 370 g/mol. The molecule has 2 aromatic carbocycles. The van der Waals surface area contributed by atoms with Crippen molar-refractivity contribution < 1.29 is 14.0 Å². The summed E-state index contributed by atoms with van der Waals surface area (Å²) in [4.78, 5) is 11.0. The molecule has 0 heterocycles. The molecule has 1 atom stereocenters. The highest BCUT2D eigenvalue weighted by Gasteiger charge is 2.17. The van der Waals surface area contributed by atoms with Crippen LogP contribution >= 0.6 is 0 Å². The van der Waals surface area contributed by atoms with E-state index in [0.29, 0.717) is 11.9 Å². The van der Waals surface area contributed by atoms with Gasteiger partial charge in [0.05, 0.1) is 0 Å². The van der Waals surface area contributed by atoms with Gasteiger partial charge in [-0.1, -0.05) is 36.4 Å². The Morgan fingerprint density at radius 2 is 1.50 bits per heavy atom. The van der Waals surface area contributed by atoms with E-state index in [1.54, 1.807) is 0 Å². The van der Waals surface area contributed by atoms with Crippen molar-refractivity contribution in [2.75, 3.05) is 0 Å². The predicted molar refractivity (Wildman–Crippen MR) is 110 cm³/mol. The molecule has 1 unspecified atom stereocenters. The summed E-state index contributed by atoms with van der Waals surface area (Å²) in [6.45, 7) is 10.3. The average molecular weight is 371 g/mol. The van der Waals surface area contributed by atoms with Crippen LogP contribution in [0.2, 0.25) is 19.6 Å². The number of esters is 1. The summed E-state index contributed by atoms with van der Waals surface area (Å²) in [5.41, 5.74) is 3.63. The molecule has 3 nitrogen and oxygen atoms in total. The Bertz CT molecular complexity index is 700. The number of carbonyl (C=O) groups excluding carboxylic acids is 1. The van der Waals surface area contributed by atoms with Gasteiger partial charge in [0.2, 0.25) is 0 Å². The molecule has 0 aliphatic heterocycles. The molecule has 0 N–H and O–H groups in total. The minimum atomic E-state index is -1.44. The van der Waals surface area contributed by atoms with Crippen LogP contribution < -0.4 is 4.74 Å². The Hall–Kier alpha value is -1.91. The number of carbonyl (C=O) groups is 1. The summed E-state index contributed by atoms with van der Waals surface area (Å²) >= 11 is 0. The third kappa shape index (κ3) is 7.14. The molecular weight excluding hydrogens is 340 g/mol. The van der Waals surface area contributed by atoms with Crippen LogP contribution in [0.5, 0.6) is 5.75 Å². The van der Waals surface area contributed by atoms with Crippen LogP contribution in [0, 0.1) is 0 Å². The van der Waals surface area contributed by atoms with E-state index in [1.807, 2.05) is 24.3 Å². The summed E-state index contributed by atoms with van der Waals surface area (Å²) in [7, 11) is -1.44. The smallest absolute Gasteiger partial charge is 0.308 e. The van der Waals surface area contributed by atoms with Gasteiger partial charge in [-0.25, -0.2) is 0 Å². The van der Waals surface area contributed by atoms with Crippen molar-refractivity contribution in [3.63, 3.8) is 0 Å². The number of hydrogen-bond donors (Lipinski definition) is 0.